The van der Waals surface area contributed by atoms with Gasteiger partial charge in [-0.15, -0.1) is 0 Å². The molecule has 1 fully saturated rings. The van der Waals surface area contributed by atoms with Crippen molar-refractivity contribution in [2.24, 2.45) is 5.92 Å². The topological polar surface area (TPSA) is 112 Å². The van der Waals surface area contributed by atoms with Gasteiger partial charge in [0.2, 0.25) is 5.91 Å². The number of methoxy groups -OCH3 is 2. The van der Waals surface area contributed by atoms with Crippen molar-refractivity contribution in [3.63, 3.8) is 0 Å². The van der Waals surface area contributed by atoms with Crippen LogP contribution in [0, 0.1) is 17.2 Å². The van der Waals surface area contributed by atoms with Crippen LogP contribution in [0.3, 0.4) is 0 Å². The van der Waals surface area contributed by atoms with E-state index in [9.17, 15) is 20.3 Å². The molecule has 0 saturated heterocycles. The van der Waals surface area contributed by atoms with Crippen molar-refractivity contribution in [3.8, 4) is 23.3 Å². The second-order valence-corrected chi connectivity index (χ2v) is 9.59. The zero-order valence-corrected chi connectivity index (χ0v) is 21.0. The van der Waals surface area contributed by atoms with Crippen LogP contribution in [0.15, 0.2) is 66.7 Å². The molecule has 1 amide bonds. The SMILES string of the molecule is COc1ccc([C@@]23Oc4cc(C#N)cc(OC)c4[C@]2(O)[C@H](O)[C@H](C(=O)N(C)C)[C@H]3c2ccccc2)cc1. The molecule has 8 heteroatoms. The fourth-order valence-electron chi connectivity index (χ4n) is 6.05. The highest BCUT2D eigenvalue weighted by atomic mass is 16.5. The smallest absolute Gasteiger partial charge is 0.228 e. The lowest BCUT2D eigenvalue weighted by Crippen LogP contribution is -2.52. The molecule has 37 heavy (non-hydrogen) atoms. The number of hydrogen-bond donors (Lipinski definition) is 2. The highest BCUT2D eigenvalue weighted by Gasteiger charge is 2.78. The van der Waals surface area contributed by atoms with Crippen LogP contribution in [0.25, 0.3) is 0 Å². The van der Waals surface area contributed by atoms with Crippen LogP contribution < -0.4 is 14.2 Å². The molecule has 3 aromatic rings. The summed E-state index contributed by atoms with van der Waals surface area (Å²) < 4.78 is 17.7. The van der Waals surface area contributed by atoms with Crippen molar-refractivity contribution in [2.75, 3.05) is 28.3 Å². The van der Waals surface area contributed by atoms with E-state index in [1.54, 1.807) is 45.5 Å². The van der Waals surface area contributed by atoms with Gasteiger partial charge < -0.3 is 29.3 Å². The van der Waals surface area contributed by atoms with Crippen molar-refractivity contribution < 1.29 is 29.2 Å². The number of rotatable bonds is 5. The Morgan fingerprint density at radius 1 is 1.05 bits per heavy atom. The van der Waals surface area contributed by atoms with E-state index in [0.717, 1.165) is 0 Å². The molecule has 190 valence electrons. The summed E-state index contributed by atoms with van der Waals surface area (Å²) in [7, 11) is 6.21. The molecule has 0 unspecified atom stereocenters. The van der Waals surface area contributed by atoms with Crippen molar-refractivity contribution in [3.05, 3.63) is 89.0 Å². The first-order valence-corrected chi connectivity index (χ1v) is 11.9. The molecule has 0 spiro atoms. The Morgan fingerprint density at radius 2 is 1.73 bits per heavy atom. The Kier molecular flexibility index (Phi) is 5.86. The molecule has 5 atom stereocenters. The van der Waals surface area contributed by atoms with Gasteiger partial charge in [0, 0.05) is 20.0 Å². The fourth-order valence-corrected chi connectivity index (χ4v) is 6.05. The zero-order valence-electron chi connectivity index (χ0n) is 21.0. The monoisotopic (exact) mass is 500 g/mol. The molecule has 1 heterocycles. The maximum absolute atomic E-state index is 13.7. The third kappa shape index (κ3) is 3.24. The van der Waals surface area contributed by atoms with Crippen LogP contribution >= 0.6 is 0 Å². The normalized spacial score (nSPS) is 27.4. The number of hydrogen-bond acceptors (Lipinski definition) is 7. The predicted octanol–water partition coefficient (Wildman–Crippen LogP) is 2.91. The Balaban J connectivity index is 1.89. The predicted molar refractivity (Wildman–Crippen MR) is 134 cm³/mol. The van der Waals surface area contributed by atoms with E-state index in [4.69, 9.17) is 14.2 Å². The molecule has 0 aromatic heterocycles. The van der Waals surface area contributed by atoms with Gasteiger partial charge in [0.1, 0.15) is 23.4 Å². The molecule has 2 aliphatic rings. The van der Waals surface area contributed by atoms with Crippen molar-refractivity contribution >= 4 is 5.91 Å². The number of amides is 1. The van der Waals surface area contributed by atoms with Gasteiger partial charge >= 0.3 is 0 Å². The van der Waals surface area contributed by atoms with E-state index in [-0.39, 0.29) is 28.5 Å². The van der Waals surface area contributed by atoms with Gasteiger partial charge in [0.15, 0.2) is 11.2 Å². The number of benzene rings is 3. The molecule has 2 N–H and O–H groups in total. The quantitative estimate of drug-likeness (QED) is 0.554. The third-order valence-electron chi connectivity index (χ3n) is 7.60. The van der Waals surface area contributed by atoms with Gasteiger partial charge in [-0.05, 0) is 35.4 Å². The number of carbonyl (C=O) groups excluding carboxylic acids is 1. The van der Waals surface area contributed by atoms with Gasteiger partial charge in [-0.3, -0.25) is 4.79 Å². The number of nitriles is 1. The highest BCUT2D eigenvalue weighted by molar-refractivity contribution is 5.83. The minimum absolute atomic E-state index is 0.191. The molecule has 8 nitrogen and oxygen atoms in total. The second kappa shape index (κ2) is 8.80. The van der Waals surface area contributed by atoms with Crippen LogP contribution in [0.1, 0.15) is 28.2 Å². The number of nitrogens with zero attached hydrogens (tertiary/aromatic N) is 2. The zero-order chi connectivity index (χ0) is 26.5. The maximum atomic E-state index is 13.7. The highest BCUT2D eigenvalue weighted by Crippen LogP contribution is 2.70. The lowest BCUT2D eigenvalue weighted by atomic mass is 9.70. The first kappa shape index (κ1) is 24.6. The summed E-state index contributed by atoms with van der Waals surface area (Å²) in [6.07, 6.45) is -1.57. The lowest BCUT2D eigenvalue weighted by Gasteiger charge is -2.41. The summed E-state index contributed by atoms with van der Waals surface area (Å²) in [4.78, 5) is 15.1. The summed E-state index contributed by atoms with van der Waals surface area (Å²) in [6.45, 7) is 0. The Bertz CT molecular complexity index is 1380. The average Bonchev–Trinajstić information content (AvgIpc) is 3.30. The summed E-state index contributed by atoms with van der Waals surface area (Å²) >= 11 is 0. The number of aliphatic hydroxyl groups excluding tert-OH is 1. The summed E-state index contributed by atoms with van der Waals surface area (Å²) in [5, 5.41) is 34.3. The number of fused-ring (bicyclic) bond motifs is 3. The van der Waals surface area contributed by atoms with Crippen LogP contribution in [0.2, 0.25) is 0 Å². The van der Waals surface area contributed by atoms with Crippen molar-refractivity contribution in [1.29, 1.82) is 5.26 Å². The van der Waals surface area contributed by atoms with Crippen LogP contribution in [0.4, 0.5) is 0 Å². The van der Waals surface area contributed by atoms with E-state index >= 15 is 0 Å². The first-order chi connectivity index (χ1) is 17.7. The Hall–Kier alpha value is -4.06. The van der Waals surface area contributed by atoms with E-state index in [2.05, 4.69) is 6.07 Å². The van der Waals surface area contributed by atoms with Gasteiger partial charge in [-0.25, -0.2) is 0 Å². The minimum Gasteiger partial charge on any atom is -0.497 e. The molecule has 3 aromatic carbocycles. The van der Waals surface area contributed by atoms with E-state index in [1.165, 1.54) is 24.1 Å². The van der Waals surface area contributed by atoms with Crippen LogP contribution in [-0.4, -0.2) is 55.4 Å². The maximum Gasteiger partial charge on any atom is 0.228 e. The van der Waals surface area contributed by atoms with Crippen molar-refractivity contribution in [2.45, 2.75) is 23.2 Å². The third-order valence-corrected chi connectivity index (χ3v) is 7.60. The number of aliphatic hydroxyl groups is 2. The largest absolute Gasteiger partial charge is 0.497 e. The second-order valence-electron chi connectivity index (χ2n) is 9.59. The standard InChI is InChI=1S/C29H28N2O6/c1-31(2)27(33)23-24(18-8-6-5-7-9-18)29(19-10-12-20(35-3)13-11-19)28(34,26(23)32)25-21(36-4)14-17(16-30)15-22(25)37-29/h5-15,23-24,26,32,34H,1-4H3/t23-,24-,26-,28+,29+/m1/s1. The minimum atomic E-state index is -2.10. The lowest BCUT2D eigenvalue weighted by molar-refractivity contribution is -0.156. The van der Waals surface area contributed by atoms with Gasteiger partial charge in [0.05, 0.1) is 37.3 Å². The van der Waals surface area contributed by atoms with Gasteiger partial charge in [-0.1, -0.05) is 42.5 Å². The van der Waals surface area contributed by atoms with Gasteiger partial charge in [-0.2, -0.15) is 5.26 Å². The Morgan fingerprint density at radius 3 is 2.30 bits per heavy atom. The van der Waals surface area contributed by atoms with Crippen LogP contribution in [-0.2, 0) is 16.0 Å². The van der Waals surface area contributed by atoms with E-state index in [0.29, 0.717) is 16.9 Å². The first-order valence-electron chi connectivity index (χ1n) is 11.9. The van der Waals surface area contributed by atoms with Gasteiger partial charge in [0.25, 0.3) is 0 Å². The van der Waals surface area contributed by atoms with E-state index < -0.39 is 29.1 Å². The molecule has 5 rings (SSSR count). The summed E-state index contributed by atoms with van der Waals surface area (Å²) in [5.74, 6) is -1.22. The molecule has 1 aliphatic heterocycles. The molecular weight excluding hydrogens is 472 g/mol. The number of ether oxygens (including phenoxy) is 3. The van der Waals surface area contributed by atoms with E-state index in [1.807, 2.05) is 30.3 Å². The average molecular weight is 501 g/mol. The molecule has 1 aliphatic carbocycles. The Labute approximate surface area is 215 Å². The summed E-state index contributed by atoms with van der Waals surface area (Å²) in [6, 6.07) is 21.4. The summed E-state index contributed by atoms with van der Waals surface area (Å²) in [5.41, 5.74) is -2.02. The molecule has 1 saturated carbocycles. The molecular formula is C29H28N2O6. The van der Waals surface area contributed by atoms with Crippen molar-refractivity contribution in [1.82, 2.24) is 4.90 Å². The molecule has 0 bridgehead atoms. The van der Waals surface area contributed by atoms with Crippen LogP contribution in [0.5, 0.6) is 17.2 Å². The number of carbonyl (C=O) groups is 1. The molecule has 0 radical (unpaired) electrons. The fraction of sp³-hybridized carbons (Fsp3) is 0.310.